The summed E-state index contributed by atoms with van der Waals surface area (Å²) in [4.78, 5) is 14.8. The molecule has 74 valence electrons. The molecule has 2 rings (SSSR count). The van der Waals surface area contributed by atoms with Crippen molar-refractivity contribution >= 4 is 17.7 Å². The Labute approximate surface area is 88.3 Å². The Hall–Kier alpha value is -0.960. The topological polar surface area (TPSA) is 20.3 Å². The Bertz CT molecular complexity index is 362. The number of hydrogen-bond acceptors (Lipinski definition) is 2. The maximum absolute atomic E-state index is 11.8. The van der Waals surface area contributed by atoms with E-state index in [1.165, 1.54) is 10.5 Å². The molecular formula is C11H13NOS. The largest absolute Gasteiger partial charge is 0.348 e. The van der Waals surface area contributed by atoms with Gasteiger partial charge < -0.3 is 4.90 Å². The summed E-state index contributed by atoms with van der Waals surface area (Å²) in [6.07, 6.45) is 0. The summed E-state index contributed by atoms with van der Waals surface area (Å²) in [6.45, 7) is 0. The van der Waals surface area contributed by atoms with Crippen molar-refractivity contribution in [3.05, 3.63) is 29.8 Å². The van der Waals surface area contributed by atoms with E-state index in [9.17, 15) is 4.79 Å². The van der Waals surface area contributed by atoms with E-state index in [-0.39, 0.29) is 11.8 Å². The number of hydrogen-bond donors (Lipinski definition) is 0. The lowest BCUT2D eigenvalue weighted by molar-refractivity contribution is -0.129. The molecule has 0 spiro atoms. The number of fused-ring (bicyclic) bond motifs is 1. The van der Waals surface area contributed by atoms with E-state index in [1.54, 1.807) is 16.7 Å². The van der Waals surface area contributed by atoms with E-state index in [0.29, 0.717) is 0 Å². The minimum absolute atomic E-state index is 0.0613. The van der Waals surface area contributed by atoms with Gasteiger partial charge in [0.15, 0.2) is 0 Å². The molecule has 0 aliphatic carbocycles. The molecule has 1 aromatic carbocycles. The number of amides is 1. The standard InChI is InChI=1S/C11H13NOS/c1-12(2)11(13)9-7-14-10-6-4-3-5-8(9)10/h3-6,9H,7H2,1-2H3/t9-/m1/s1. The van der Waals surface area contributed by atoms with Crippen LogP contribution in [0.15, 0.2) is 29.2 Å². The first-order chi connectivity index (χ1) is 6.70. The Morgan fingerprint density at radius 1 is 1.43 bits per heavy atom. The average molecular weight is 207 g/mol. The molecule has 0 unspecified atom stereocenters. The molecule has 2 nitrogen and oxygen atoms in total. The molecule has 1 heterocycles. The van der Waals surface area contributed by atoms with E-state index in [4.69, 9.17) is 0 Å². The zero-order valence-corrected chi connectivity index (χ0v) is 9.17. The van der Waals surface area contributed by atoms with E-state index >= 15 is 0 Å². The van der Waals surface area contributed by atoms with Gasteiger partial charge in [-0.25, -0.2) is 0 Å². The van der Waals surface area contributed by atoms with Crippen molar-refractivity contribution in [2.24, 2.45) is 0 Å². The van der Waals surface area contributed by atoms with Crippen molar-refractivity contribution in [3.8, 4) is 0 Å². The first kappa shape index (κ1) is 9.59. The Morgan fingerprint density at radius 2 is 2.14 bits per heavy atom. The van der Waals surface area contributed by atoms with Crippen LogP contribution in [0.1, 0.15) is 11.5 Å². The lowest BCUT2D eigenvalue weighted by Gasteiger charge is -2.16. The van der Waals surface area contributed by atoms with Crippen molar-refractivity contribution in [3.63, 3.8) is 0 Å². The molecule has 1 aromatic rings. The number of carbonyl (C=O) groups is 1. The van der Waals surface area contributed by atoms with Gasteiger partial charge in [-0.1, -0.05) is 18.2 Å². The van der Waals surface area contributed by atoms with E-state index in [1.807, 2.05) is 26.2 Å². The summed E-state index contributed by atoms with van der Waals surface area (Å²) < 4.78 is 0. The lowest BCUT2D eigenvalue weighted by Crippen LogP contribution is -2.28. The van der Waals surface area contributed by atoms with Crippen molar-refractivity contribution in [2.75, 3.05) is 19.8 Å². The molecule has 0 radical (unpaired) electrons. The highest BCUT2D eigenvalue weighted by Gasteiger charge is 2.29. The Kier molecular flexibility index (Phi) is 2.50. The van der Waals surface area contributed by atoms with Crippen molar-refractivity contribution < 1.29 is 4.79 Å². The van der Waals surface area contributed by atoms with Crippen LogP contribution in [-0.4, -0.2) is 30.7 Å². The number of thioether (sulfide) groups is 1. The third-order valence-electron chi connectivity index (χ3n) is 2.44. The van der Waals surface area contributed by atoms with Crippen LogP contribution < -0.4 is 0 Å². The van der Waals surface area contributed by atoms with Crippen LogP contribution in [0.25, 0.3) is 0 Å². The number of benzene rings is 1. The normalized spacial score (nSPS) is 19.1. The van der Waals surface area contributed by atoms with Gasteiger partial charge in [-0.15, -0.1) is 11.8 Å². The SMILES string of the molecule is CN(C)C(=O)[C@@H]1CSc2ccccc21. The fourth-order valence-electron chi connectivity index (χ4n) is 1.68. The van der Waals surface area contributed by atoms with Crippen LogP contribution in [0.4, 0.5) is 0 Å². The quantitative estimate of drug-likeness (QED) is 0.701. The van der Waals surface area contributed by atoms with Gasteiger partial charge in [-0.2, -0.15) is 0 Å². The number of likely N-dealkylation sites (N-methyl/N-ethyl adjacent to an activating group) is 1. The Balaban J connectivity index is 2.30. The molecule has 0 aromatic heterocycles. The van der Waals surface area contributed by atoms with Gasteiger partial charge >= 0.3 is 0 Å². The van der Waals surface area contributed by atoms with E-state index in [2.05, 4.69) is 12.1 Å². The predicted octanol–water partition coefficient (Wildman–Crippen LogP) is 1.96. The molecule has 1 aliphatic rings. The summed E-state index contributed by atoms with van der Waals surface area (Å²) in [5, 5.41) is 0. The van der Waals surface area contributed by atoms with Crippen LogP contribution in [0.2, 0.25) is 0 Å². The van der Waals surface area contributed by atoms with Gasteiger partial charge in [-0.3, -0.25) is 4.79 Å². The van der Waals surface area contributed by atoms with Crippen LogP contribution in [0.5, 0.6) is 0 Å². The molecular weight excluding hydrogens is 194 g/mol. The third-order valence-corrected chi connectivity index (χ3v) is 3.62. The van der Waals surface area contributed by atoms with Crippen LogP contribution in [-0.2, 0) is 4.79 Å². The molecule has 3 heteroatoms. The number of rotatable bonds is 1. The second-order valence-electron chi connectivity index (χ2n) is 3.63. The molecule has 1 atom stereocenters. The van der Waals surface area contributed by atoms with E-state index < -0.39 is 0 Å². The van der Waals surface area contributed by atoms with Gasteiger partial charge in [0.05, 0.1) is 5.92 Å². The van der Waals surface area contributed by atoms with Crippen LogP contribution in [0.3, 0.4) is 0 Å². The fourth-order valence-corrected chi connectivity index (χ4v) is 2.90. The molecule has 0 fully saturated rings. The maximum atomic E-state index is 11.8. The number of nitrogens with zero attached hydrogens (tertiary/aromatic N) is 1. The van der Waals surface area contributed by atoms with Crippen LogP contribution >= 0.6 is 11.8 Å². The predicted molar refractivity (Wildman–Crippen MR) is 58.6 cm³/mol. The lowest BCUT2D eigenvalue weighted by atomic mass is 10.0. The number of carbonyl (C=O) groups excluding carboxylic acids is 1. The van der Waals surface area contributed by atoms with Gasteiger partial charge in [0.25, 0.3) is 0 Å². The monoisotopic (exact) mass is 207 g/mol. The van der Waals surface area contributed by atoms with Gasteiger partial charge in [0.1, 0.15) is 0 Å². The molecule has 0 saturated heterocycles. The van der Waals surface area contributed by atoms with Crippen molar-refractivity contribution in [2.45, 2.75) is 10.8 Å². The minimum Gasteiger partial charge on any atom is -0.348 e. The van der Waals surface area contributed by atoms with Crippen LogP contribution in [0, 0.1) is 0 Å². The van der Waals surface area contributed by atoms with Gasteiger partial charge in [0, 0.05) is 24.7 Å². The van der Waals surface area contributed by atoms with Gasteiger partial charge in [-0.05, 0) is 11.6 Å². The van der Waals surface area contributed by atoms with E-state index in [0.717, 1.165) is 5.75 Å². The fraction of sp³-hybridized carbons (Fsp3) is 0.364. The maximum Gasteiger partial charge on any atom is 0.230 e. The summed E-state index contributed by atoms with van der Waals surface area (Å²) in [6, 6.07) is 8.17. The second-order valence-corrected chi connectivity index (χ2v) is 4.70. The highest BCUT2D eigenvalue weighted by molar-refractivity contribution is 7.99. The first-order valence-electron chi connectivity index (χ1n) is 4.63. The second kappa shape index (κ2) is 3.65. The molecule has 1 aliphatic heterocycles. The van der Waals surface area contributed by atoms with Crippen molar-refractivity contribution in [1.82, 2.24) is 4.90 Å². The zero-order chi connectivity index (χ0) is 10.1. The summed E-state index contributed by atoms with van der Waals surface area (Å²) in [5.41, 5.74) is 1.19. The van der Waals surface area contributed by atoms with Crippen molar-refractivity contribution in [1.29, 1.82) is 0 Å². The zero-order valence-electron chi connectivity index (χ0n) is 8.36. The summed E-state index contributed by atoms with van der Waals surface area (Å²) >= 11 is 1.77. The molecule has 0 saturated carbocycles. The smallest absolute Gasteiger partial charge is 0.230 e. The first-order valence-corrected chi connectivity index (χ1v) is 5.61. The molecule has 0 N–H and O–H groups in total. The Morgan fingerprint density at radius 3 is 2.86 bits per heavy atom. The highest BCUT2D eigenvalue weighted by Crippen LogP contribution is 2.39. The van der Waals surface area contributed by atoms with Gasteiger partial charge in [0.2, 0.25) is 5.91 Å². The summed E-state index contributed by atoms with van der Waals surface area (Å²) in [7, 11) is 3.63. The molecule has 1 amide bonds. The average Bonchev–Trinajstić information content (AvgIpc) is 2.60. The minimum atomic E-state index is 0.0613. The summed E-state index contributed by atoms with van der Waals surface area (Å²) in [5.74, 6) is 1.16. The molecule has 14 heavy (non-hydrogen) atoms. The molecule has 0 bridgehead atoms. The highest BCUT2D eigenvalue weighted by atomic mass is 32.2. The third kappa shape index (κ3) is 1.52.